The number of ether oxygens (including phenoxy) is 1. The van der Waals surface area contributed by atoms with Crippen molar-refractivity contribution >= 4 is 47.9 Å². The molecule has 1 amide bonds. The Hall–Kier alpha value is -1.12. The predicted octanol–water partition coefficient (Wildman–Crippen LogP) is 1.70. The van der Waals surface area contributed by atoms with Crippen molar-refractivity contribution in [2.45, 2.75) is 30.9 Å². The van der Waals surface area contributed by atoms with Gasteiger partial charge >= 0.3 is 5.97 Å². The van der Waals surface area contributed by atoms with Gasteiger partial charge < -0.3 is 9.64 Å². The number of methoxy groups -OCH3 is 1. The molecule has 0 spiro atoms. The summed E-state index contributed by atoms with van der Waals surface area (Å²) in [5.74, 6) is -0.821. The highest BCUT2D eigenvalue weighted by molar-refractivity contribution is 8.14. The third-order valence-electron chi connectivity index (χ3n) is 4.03. The van der Waals surface area contributed by atoms with Gasteiger partial charge in [-0.3, -0.25) is 4.79 Å². The van der Waals surface area contributed by atoms with Crippen molar-refractivity contribution in [1.82, 2.24) is 0 Å². The van der Waals surface area contributed by atoms with E-state index < -0.39 is 20.3 Å². The fourth-order valence-corrected chi connectivity index (χ4v) is 5.38. The SMILES string of the molecule is COC(=O)c1c(N2CC(S(=O)(=O)Cl)CC2=O)sc2c1CCC2. The highest BCUT2D eigenvalue weighted by Crippen LogP contribution is 2.43. The number of nitrogens with zero attached hydrogens (tertiary/aromatic N) is 1. The highest BCUT2D eigenvalue weighted by atomic mass is 35.7. The third-order valence-corrected chi connectivity index (χ3v) is 7.21. The van der Waals surface area contributed by atoms with E-state index in [1.54, 1.807) is 0 Å². The van der Waals surface area contributed by atoms with Gasteiger partial charge in [0.1, 0.15) is 10.3 Å². The van der Waals surface area contributed by atoms with Crippen LogP contribution in [0.5, 0.6) is 0 Å². The van der Waals surface area contributed by atoms with Crippen molar-refractivity contribution < 1.29 is 22.7 Å². The minimum Gasteiger partial charge on any atom is -0.465 e. The molecule has 1 aromatic rings. The second-order valence-electron chi connectivity index (χ2n) is 5.34. The highest BCUT2D eigenvalue weighted by Gasteiger charge is 2.41. The van der Waals surface area contributed by atoms with Crippen LogP contribution in [0.2, 0.25) is 0 Å². The lowest BCUT2D eigenvalue weighted by Crippen LogP contribution is -2.27. The Bertz CT molecular complexity index is 755. The van der Waals surface area contributed by atoms with Crippen LogP contribution >= 0.6 is 22.0 Å². The van der Waals surface area contributed by atoms with Gasteiger partial charge in [0.05, 0.1) is 12.7 Å². The largest absolute Gasteiger partial charge is 0.465 e. The van der Waals surface area contributed by atoms with Crippen molar-refractivity contribution in [1.29, 1.82) is 0 Å². The summed E-state index contributed by atoms with van der Waals surface area (Å²) >= 11 is 1.37. The quantitative estimate of drug-likeness (QED) is 0.603. The van der Waals surface area contributed by atoms with Gasteiger partial charge in [-0.25, -0.2) is 13.2 Å². The van der Waals surface area contributed by atoms with Crippen LogP contribution < -0.4 is 4.90 Å². The monoisotopic (exact) mass is 363 g/mol. The van der Waals surface area contributed by atoms with Crippen molar-refractivity contribution in [3.63, 3.8) is 0 Å². The smallest absolute Gasteiger partial charge is 0.341 e. The summed E-state index contributed by atoms with van der Waals surface area (Å²) < 4.78 is 27.8. The zero-order chi connectivity index (χ0) is 16.1. The van der Waals surface area contributed by atoms with Crippen LogP contribution in [0.1, 0.15) is 33.6 Å². The Labute approximate surface area is 136 Å². The molecule has 1 aromatic heterocycles. The maximum absolute atomic E-state index is 12.2. The molecule has 1 aliphatic carbocycles. The zero-order valence-electron chi connectivity index (χ0n) is 11.8. The number of rotatable bonds is 3. The molecule has 1 fully saturated rings. The molecule has 0 bridgehead atoms. The minimum absolute atomic E-state index is 0.0198. The van der Waals surface area contributed by atoms with Crippen LogP contribution in [-0.4, -0.2) is 39.2 Å². The molecule has 1 unspecified atom stereocenters. The van der Waals surface area contributed by atoms with Crippen LogP contribution in [0.15, 0.2) is 0 Å². The van der Waals surface area contributed by atoms with E-state index in [0.717, 1.165) is 29.7 Å². The second-order valence-corrected chi connectivity index (χ2v) is 9.33. The number of hydrogen-bond acceptors (Lipinski definition) is 6. The predicted molar refractivity (Wildman–Crippen MR) is 83.2 cm³/mol. The molecule has 1 saturated heterocycles. The summed E-state index contributed by atoms with van der Waals surface area (Å²) in [4.78, 5) is 26.7. The third kappa shape index (κ3) is 2.53. The van der Waals surface area contributed by atoms with Crippen LogP contribution in [0.25, 0.3) is 0 Å². The fourth-order valence-electron chi connectivity index (χ4n) is 2.95. The van der Waals surface area contributed by atoms with Gasteiger partial charge in [-0.1, -0.05) is 0 Å². The fraction of sp³-hybridized carbons (Fsp3) is 0.538. The molecule has 2 heterocycles. The number of thiophene rings is 1. The van der Waals surface area contributed by atoms with E-state index in [4.69, 9.17) is 15.4 Å². The van der Waals surface area contributed by atoms with Gasteiger partial charge in [0.25, 0.3) is 0 Å². The molecule has 0 saturated carbocycles. The lowest BCUT2D eigenvalue weighted by Gasteiger charge is -2.16. The van der Waals surface area contributed by atoms with Gasteiger partial charge in [-0.05, 0) is 24.8 Å². The van der Waals surface area contributed by atoms with Crippen molar-refractivity contribution in [3.8, 4) is 0 Å². The molecule has 3 rings (SSSR count). The van der Waals surface area contributed by atoms with Crippen molar-refractivity contribution in [2.24, 2.45) is 0 Å². The van der Waals surface area contributed by atoms with Gasteiger partial charge in [0, 0.05) is 28.5 Å². The Balaban J connectivity index is 2.02. The van der Waals surface area contributed by atoms with E-state index in [0.29, 0.717) is 10.6 Å². The van der Waals surface area contributed by atoms with Crippen LogP contribution in [-0.2, 0) is 31.4 Å². The molecule has 0 radical (unpaired) electrons. The summed E-state index contributed by atoms with van der Waals surface area (Å²) in [6, 6.07) is 0. The lowest BCUT2D eigenvalue weighted by molar-refractivity contribution is -0.117. The van der Waals surface area contributed by atoms with E-state index >= 15 is 0 Å². The Morgan fingerprint density at radius 2 is 2.14 bits per heavy atom. The number of fused-ring (bicyclic) bond motifs is 1. The number of hydrogen-bond donors (Lipinski definition) is 0. The molecule has 1 aliphatic heterocycles. The normalized spacial score (nSPS) is 21.3. The molecule has 120 valence electrons. The number of aryl methyl sites for hydroxylation is 1. The van der Waals surface area contributed by atoms with E-state index in [-0.39, 0.29) is 18.9 Å². The number of amides is 1. The van der Waals surface area contributed by atoms with Gasteiger partial charge in [-0.2, -0.15) is 0 Å². The summed E-state index contributed by atoms with van der Waals surface area (Å²) in [5, 5.41) is -0.450. The maximum atomic E-state index is 12.2. The summed E-state index contributed by atoms with van der Waals surface area (Å²) in [6.45, 7) is -0.0198. The molecule has 6 nitrogen and oxygen atoms in total. The molecule has 0 N–H and O–H groups in total. The Morgan fingerprint density at radius 1 is 1.41 bits per heavy atom. The lowest BCUT2D eigenvalue weighted by atomic mass is 10.1. The Morgan fingerprint density at radius 3 is 2.73 bits per heavy atom. The number of carbonyl (C=O) groups excluding carboxylic acids is 2. The first kappa shape index (κ1) is 15.8. The summed E-state index contributed by atoms with van der Waals surface area (Å²) in [6.07, 6.45) is 2.45. The van der Waals surface area contributed by atoms with E-state index in [1.807, 2.05) is 0 Å². The number of anilines is 1. The topological polar surface area (TPSA) is 80.8 Å². The number of halogens is 1. The zero-order valence-corrected chi connectivity index (χ0v) is 14.2. The maximum Gasteiger partial charge on any atom is 0.341 e. The average Bonchev–Trinajstić information content (AvgIpc) is 3.09. The number of carbonyl (C=O) groups is 2. The van der Waals surface area contributed by atoms with Crippen LogP contribution in [0, 0.1) is 0 Å². The van der Waals surface area contributed by atoms with Gasteiger partial charge in [0.2, 0.25) is 15.0 Å². The number of esters is 1. The first-order chi connectivity index (χ1) is 10.3. The second kappa shape index (κ2) is 5.50. The molecular weight excluding hydrogens is 350 g/mol. The molecule has 22 heavy (non-hydrogen) atoms. The average molecular weight is 364 g/mol. The van der Waals surface area contributed by atoms with Crippen LogP contribution in [0.4, 0.5) is 5.00 Å². The minimum atomic E-state index is -3.81. The first-order valence-electron chi connectivity index (χ1n) is 6.79. The standard InChI is InChI=1S/C13H14ClNO5S2/c1-20-13(17)11-8-3-2-4-9(8)21-12(11)15-6-7(5-10(15)16)22(14,18)19/h7H,2-6H2,1H3. The molecule has 2 aliphatic rings. The van der Waals surface area contributed by atoms with E-state index in [9.17, 15) is 18.0 Å². The van der Waals surface area contributed by atoms with Crippen LogP contribution in [0.3, 0.4) is 0 Å². The Kier molecular flexibility index (Phi) is 3.94. The van der Waals surface area contributed by atoms with Crippen molar-refractivity contribution in [3.05, 3.63) is 16.0 Å². The summed E-state index contributed by atoms with van der Waals surface area (Å²) in [7, 11) is 2.85. The molecular formula is C13H14ClNO5S2. The van der Waals surface area contributed by atoms with E-state index in [1.165, 1.54) is 23.3 Å². The van der Waals surface area contributed by atoms with Gasteiger partial charge in [-0.15, -0.1) is 11.3 Å². The molecule has 0 aromatic carbocycles. The summed E-state index contributed by atoms with van der Waals surface area (Å²) in [5.41, 5.74) is 1.33. The molecule has 1 atom stereocenters. The van der Waals surface area contributed by atoms with Gasteiger partial charge in [0.15, 0.2) is 0 Å². The molecule has 9 heteroatoms. The van der Waals surface area contributed by atoms with E-state index in [2.05, 4.69) is 0 Å². The van der Waals surface area contributed by atoms with Crippen molar-refractivity contribution in [2.75, 3.05) is 18.6 Å². The first-order valence-corrected chi connectivity index (χ1v) is 9.98.